The quantitative estimate of drug-likeness (QED) is 0.0556. The topological polar surface area (TPSA) is 259 Å². The molecule has 0 saturated heterocycles. The first-order chi connectivity index (χ1) is 24.4. The van der Waals surface area contributed by atoms with Gasteiger partial charge in [-0.15, -0.1) is 0 Å². The molecule has 10 N–H and O–H groups in total. The zero-order chi connectivity index (χ0) is 37.8. The third-order valence-corrected chi connectivity index (χ3v) is 7.63. The first kappa shape index (κ1) is 42.1. The molecule has 16 nitrogen and oxygen atoms in total. The number of nitrogens with one attached hydrogen (secondary N) is 5. The number of aldehydes is 1. The van der Waals surface area contributed by atoms with E-state index in [0.29, 0.717) is 43.2 Å². The zero-order valence-electron chi connectivity index (χ0n) is 28.9. The molecule has 5 atom stereocenters. The summed E-state index contributed by atoms with van der Waals surface area (Å²) in [6.07, 6.45) is 0.911. The summed E-state index contributed by atoms with van der Waals surface area (Å²) < 4.78 is 5.07. The van der Waals surface area contributed by atoms with Gasteiger partial charge in [0.2, 0.25) is 23.6 Å². The van der Waals surface area contributed by atoms with E-state index in [1.54, 1.807) is 42.5 Å². The van der Waals surface area contributed by atoms with E-state index in [1.165, 1.54) is 12.1 Å². The van der Waals surface area contributed by atoms with Crippen LogP contribution in [-0.2, 0) is 41.7 Å². The van der Waals surface area contributed by atoms with Crippen LogP contribution in [0.4, 0.5) is 4.79 Å². The van der Waals surface area contributed by atoms with Crippen LogP contribution in [-0.4, -0.2) is 101 Å². The fourth-order valence-electron chi connectivity index (χ4n) is 4.89. The Kier molecular flexibility index (Phi) is 18.7. The van der Waals surface area contributed by atoms with Crippen LogP contribution in [0.1, 0.15) is 50.7 Å². The normalized spacial score (nSPS) is 13.8. The lowest BCUT2D eigenvalue weighted by Gasteiger charge is -2.26. The van der Waals surface area contributed by atoms with E-state index in [4.69, 9.17) is 10.5 Å². The number of alkyl carbamates (subject to hydrolysis) is 1. The number of hydrogen-bond acceptors (Lipinski definition) is 11. The molecule has 2 rings (SSSR count). The minimum absolute atomic E-state index is 0.000898. The lowest BCUT2D eigenvalue weighted by molar-refractivity contribution is -0.135. The number of carbonyl (C=O) groups is 6. The summed E-state index contributed by atoms with van der Waals surface area (Å²) in [5.41, 5.74) is 6.89. The van der Waals surface area contributed by atoms with Crippen molar-refractivity contribution in [3.63, 3.8) is 0 Å². The van der Waals surface area contributed by atoms with E-state index in [0.717, 1.165) is 0 Å². The monoisotopic (exact) mass is 714 g/mol. The van der Waals surface area contributed by atoms with Gasteiger partial charge < -0.3 is 57.2 Å². The predicted octanol–water partition coefficient (Wildman–Crippen LogP) is -0.472. The van der Waals surface area contributed by atoms with Crippen molar-refractivity contribution in [3.05, 3.63) is 65.7 Å². The maximum atomic E-state index is 13.6. The summed E-state index contributed by atoms with van der Waals surface area (Å²) in [6, 6.07) is 8.31. The molecule has 5 amide bonds. The Bertz CT molecular complexity index is 1410. The van der Waals surface area contributed by atoms with Gasteiger partial charge in [0.25, 0.3) is 0 Å². The number of benzene rings is 2. The van der Waals surface area contributed by atoms with Crippen molar-refractivity contribution in [1.29, 1.82) is 0 Å². The van der Waals surface area contributed by atoms with Gasteiger partial charge in [0.1, 0.15) is 42.8 Å². The van der Waals surface area contributed by atoms with Gasteiger partial charge in [0.15, 0.2) is 0 Å². The van der Waals surface area contributed by atoms with Gasteiger partial charge in [-0.1, -0.05) is 56.3 Å². The Labute approximate surface area is 296 Å². The Balaban J connectivity index is 2.16. The highest BCUT2D eigenvalue weighted by Crippen LogP contribution is 2.13. The Morgan fingerprint density at radius 1 is 0.725 bits per heavy atom. The van der Waals surface area contributed by atoms with Crippen LogP contribution < -0.4 is 32.3 Å². The number of rotatable bonds is 22. The average molecular weight is 715 g/mol. The Morgan fingerprint density at radius 2 is 1.27 bits per heavy atom. The molecular weight excluding hydrogens is 664 g/mol. The SMILES string of the molecule is CC(C)C[C@@H](C=O)NC(=O)[C@H](Cc1ccc(O)cc1)NC(=O)[C@H](CCCCN)NC(=O)[C@H](CO)NC(=O)[C@H](CO)NC(=O)OCc1ccccc1. The molecule has 0 radical (unpaired) electrons. The van der Waals surface area contributed by atoms with E-state index in [9.17, 15) is 44.1 Å². The van der Waals surface area contributed by atoms with Crippen LogP contribution in [0.2, 0.25) is 0 Å². The van der Waals surface area contributed by atoms with Crippen molar-refractivity contribution in [3.8, 4) is 5.75 Å². The molecule has 0 bridgehead atoms. The minimum atomic E-state index is -1.60. The smallest absolute Gasteiger partial charge is 0.408 e. The van der Waals surface area contributed by atoms with Gasteiger partial charge in [-0.2, -0.15) is 0 Å². The van der Waals surface area contributed by atoms with Gasteiger partial charge in [-0.05, 0) is 61.4 Å². The number of unbranched alkanes of at least 4 members (excludes halogenated alkanes) is 1. The fourth-order valence-corrected chi connectivity index (χ4v) is 4.89. The number of nitrogens with two attached hydrogens (primary N) is 1. The van der Waals surface area contributed by atoms with Crippen LogP contribution in [0.3, 0.4) is 0 Å². The summed E-state index contributed by atoms with van der Waals surface area (Å²) in [4.78, 5) is 77.1. The van der Waals surface area contributed by atoms with E-state index >= 15 is 0 Å². The van der Waals surface area contributed by atoms with Crippen LogP contribution in [0, 0.1) is 5.92 Å². The summed E-state index contributed by atoms with van der Waals surface area (Å²) in [7, 11) is 0. The lowest BCUT2D eigenvalue weighted by atomic mass is 10.0. The number of phenolic OH excluding ortho intramolecular Hbond substituents is 1. The van der Waals surface area contributed by atoms with Gasteiger partial charge in [-0.25, -0.2) is 4.79 Å². The van der Waals surface area contributed by atoms with E-state index < -0.39 is 73.1 Å². The molecule has 0 unspecified atom stereocenters. The van der Waals surface area contributed by atoms with Gasteiger partial charge in [0.05, 0.1) is 19.3 Å². The number of ether oxygens (including phenoxy) is 1. The van der Waals surface area contributed by atoms with E-state index in [-0.39, 0.29) is 31.1 Å². The number of aromatic hydroxyl groups is 1. The maximum Gasteiger partial charge on any atom is 0.408 e. The molecule has 16 heteroatoms. The number of amides is 5. The lowest BCUT2D eigenvalue weighted by Crippen LogP contribution is -2.60. The highest BCUT2D eigenvalue weighted by atomic mass is 16.5. The first-order valence-electron chi connectivity index (χ1n) is 16.7. The number of phenols is 1. The van der Waals surface area contributed by atoms with Crippen LogP contribution in [0.25, 0.3) is 0 Å². The average Bonchev–Trinajstić information content (AvgIpc) is 3.11. The van der Waals surface area contributed by atoms with Crippen LogP contribution >= 0.6 is 0 Å². The van der Waals surface area contributed by atoms with Crippen LogP contribution in [0.15, 0.2) is 54.6 Å². The number of aliphatic hydroxyl groups is 2. The molecule has 0 aliphatic heterocycles. The summed E-state index contributed by atoms with van der Waals surface area (Å²) in [5.74, 6) is -3.29. The van der Waals surface area contributed by atoms with Crippen molar-refractivity contribution < 1.29 is 48.8 Å². The molecule has 0 spiro atoms. The van der Waals surface area contributed by atoms with Crippen LogP contribution in [0.5, 0.6) is 5.75 Å². The molecule has 280 valence electrons. The second-order valence-corrected chi connectivity index (χ2v) is 12.3. The standard InChI is InChI=1S/C35H50N6O10/c1-22(2)16-25(18-42)37-32(47)28(17-23-11-13-26(45)14-12-23)39-31(46)27(10-6-7-15-36)38-33(48)29(19-43)40-34(49)30(20-44)41-35(50)51-21-24-8-4-3-5-9-24/h3-5,8-9,11-14,18,22,25,27-30,43-45H,6-7,10,15-17,19-21,36H2,1-2H3,(H,37,47)(H,38,48)(H,39,46)(H,40,49)(H,41,50)/t25-,27-,28-,29-,30-/m0/s1. The minimum Gasteiger partial charge on any atom is -0.508 e. The third kappa shape index (κ3) is 15.6. The number of aliphatic hydroxyl groups excluding tert-OH is 2. The molecule has 0 aliphatic rings. The Hall–Kier alpha value is -5.06. The third-order valence-electron chi connectivity index (χ3n) is 7.63. The van der Waals surface area contributed by atoms with Gasteiger partial charge >= 0.3 is 6.09 Å². The largest absolute Gasteiger partial charge is 0.508 e. The molecule has 51 heavy (non-hydrogen) atoms. The highest BCUT2D eigenvalue weighted by Gasteiger charge is 2.32. The molecule has 0 aliphatic carbocycles. The zero-order valence-corrected chi connectivity index (χ0v) is 28.9. The highest BCUT2D eigenvalue weighted by molar-refractivity contribution is 5.95. The van der Waals surface area contributed by atoms with Gasteiger partial charge in [-0.3, -0.25) is 19.2 Å². The van der Waals surface area contributed by atoms with E-state index in [1.807, 2.05) is 13.8 Å². The molecule has 0 heterocycles. The molecular formula is C35H50N6O10. The van der Waals surface area contributed by atoms with Crippen molar-refractivity contribution in [2.45, 2.75) is 82.8 Å². The maximum absolute atomic E-state index is 13.6. The summed E-state index contributed by atoms with van der Waals surface area (Å²) >= 11 is 0. The molecule has 0 saturated carbocycles. The molecule has 0 fully saturated rings. The van der Waals surface area contributed by atoms with Gasteiger partial charge in [0, 0.05) is 6.42 Å². The number of hydrogen-bond donors (Lipinski definition) is 9. The Morgan fingerprint density at radius 3 is 1.84 bits per heavy atom. The molecule has 2 aromatic rings. The number of carbonyl (C=O) groups excluding carboxylic acids is 6. The summed E-state index contributed by atoms with van der Waals surface area (Å²) in [5, 5.41) is 41.6. The van der Waals surface area contributed by atoms with Crippen molar-refractivity contribution in [1.82, 2.24) is 26.6 Å². The second kappa shape index (κ2) is 22.6. The van der Waals surface area contributed by atoms with Crippen molar-refractivity contribution in [2.24, 2.45) is 11.7 Å². The summed E-state index contributed by atoms with van der Waals surface area (Å²) in [6.45, 7) is 2.21. The first-order valence-corrected chi connectivity index (χ1v) is 16.7. The fraction of sp³-hybridized carbons (Fsp3) is 0.486. The van der Waals surface area contributed by atoms with Crippen molar-refractivity contribution >= 4 is 36.0 Å². The molecule has 0 aromatic heterocycles. The predicted molar refractivity (Wildman–Crippen MR) is 186 cm³/mol. The second-order valence-electron chi connectivity index (χ2n) is 12.3. The van der Waals surface area contributed by atoms with E-state index in [2.05, 4.69) is 26.6 Å². The molecule has 2 aromatic carbocycles. The van der Waals surface area contributed by atoms with Crippen molar-refractivity contribution in [2.75, 3.05) is 19.8 Å².